The molecule has 1 atom stereocenters. The minimum absolute atomic E-state index is 0.131. The van der Waals surface area contributed by atoms with Crippen LogP contribution in [0.3, 0.4) is 0 Å². The van der Waals surface area contributed by atoms with E-state index in [2.05, 4.69) is 5.32 Å². The van der Waals surface area contributed by atoms with Gasteiger partial charge in [-0.2, -0.15) is 0 Å². The zero-order chi connectivity index (χ0) is 13.7. The molecule has 0 bridgehead atoms. The molecule has 0 aromatic heterocycles. The first kappa shape index (κ1) is 14.0. The number of carbonyl (C=O) groups excluding carboxylic acids is 1. The lowest BCUT2D eigenvalue weighted by atomic mass is 10.1. The van der Waals surface area contributed by atoms with Crippen LogP contribution in [0.2, 0.25) is 0 Å². The standard InChI is InChI=1S/C15H22N2O2/c1-16-9-12-7-8-17(10-12)15(18)14-6-4-3-5-13(14)11-19-2/h3-6,12,16H,7-11H2,1-2H3/t12-/m0/s1. The maximum atomic E-state index is 12.5. The van der Waals surface area contributed by atoms with E-state index in [1.54, 1.807) is 7.11 Å². The lowest BCUT2D eigenvalue weighted by Gasteiger charge is -2.18. The molecule has 4 nitrogen and oxygen atoms in total. The maximum Gasteiger partial charge on any atom is 0.254 e. The molecule has 104 valence electrons. The Morgan fingerprint density at radius 1 is 1.47 bits per heavy atom. The van der Waals surface area contributed by atoms with Gasteiger partial charge < -0.3 is 15.0 Å². The van der Waals surface area contributed by atoms with Crippen LogP contribution in [0, 0.1) is 5.92 Å². The summed E-state index contributed by atoms with van der Waals surface area (Å²) in [7, 11) is 3.61. The molecule has 1 saturated heterocycles. The Balaban J connectivity index is 2.08. The average molecular weight is 262 g/mol. The van der Waals surface area contributed by atoms with E-state index >= 15 is 0 Å². The fraction of sp³-hybridized carbons (Fsp3) is 0.533. The third kappa shape index (κ3) is 3.33. The van der Waals surface area contributed by atoms with Crippen molar-refractivity contribution in [2.45, 2.75) is 13.0 Å². The molecule has 0 aliphatic carbocycles. The van der Waals surface area contributed by atoms with E-state index in [0.717, 1.165) is 37.2 Å². The lowest BCUT2D eigenvalue weighted by molar-refractivity contribution is 0.0782. The van der Waals surface area contributed by atoms with E-state index in [4.69, 9.17) is 4.74 Å². The van der Waals surface area contributed by atoms with Crippen LogP contribution < -0.4 is 5.32 Å². The third-order valence-corrected chi connectivity index (χ3v) is 3.61. The normalized spacial score (nSPS) is 18.8. The molecule has 1 aromatic rings. The van der Waals surface area contributed by atoms with Gasteiger partial charge in [-0.3, -0.25) is 4.79 Å². The highest BCUT2D eigenvalue weighted by Gasteiger charge is 2.27. The number of nitrogens with one attached hydrogen (secondary N) is 1. The molecule has 0 spiro atoms. The van der Waals surface area contributed by atoms with Gasteiger partial charge in [-0.05, 0) is 37.6 Å². The predicted molar refractivity (Wildman–Crippen MR) is 75.1 cm³/mol. The van der Waals surface area contributed by atoms with Gasteiger partial charge >= 0.3 is 0 Å². The molecule has 1 amide bonds. The van der Waals surface area contributed by atoms with Gasteiger partial charge in [-0.25, -0.2) is 0 Å². The average Bonchev–Trinajstić information content (AvgIpc) is 2.88. The first-order chi connectivity index (χ1) is 9.26. The van der Waals surface area contributed by atoms with Crippen LogP contribution in [0.1, 0.15) is 22.3 Å². The van der Waals surface area contributed by atoms with Gasteiger partial charge in [0.1, 0.15) is 0 Å². The van der Waals surface area contributed by atoms with Crippen molar-refractivity contribution in [2.24, 2.45) is 5.92 Å². The zero-order valence-electron chi connectivity index (χ0n) is 11.7. The van der Waals surface area contributed by atoms with E-state index in [9.17, 15) is 4.79 Å². The number of hydrogen-bond acceptors (Lipinski definition) is 3. The van der Waals surface area contributed by atoms with Gasteiger partial charge in [0.25, 0.3) is 5.91 Å². The number of likely N-dealkylation sites (tertiary alicyclic amines) is 1. The van der Waals surface area contributed by atoms with Crippen molar-refractivity contribution in [1.29, 1.82) is 0 Å². The van der Waals surface area contributed by atoms with E-state index in [-0.39, 0.29) is 5.91 Å². The summed E-state index contributed by atoms with van der Waals surface area (Å²) >= 11 is 0. The van der Waals surface area contributed by atoms with Crippen molar-refractivity contribution in [2.75, 3.05) is 33.8 Å². The number of rotatable bonds is 5. The Hall–Kier alpha value is -1.39. The summed E-state index contributed by atoms with van der Waals surface area (Å²) < 4.78 is 5.16. The molecule has 0 radical (unpaired) electrons. The number of amides is 1. The lowest BCUT2D eigenvalue weighted by Crippen LogP contribution is -2.31. The Labute approximate surface area is 114 Å². The van der Waals surface area contributed by atoms with Gasteiger partial charge in [-0.1, -0.05) is 18.2 Å². The van der Waals surface area contributed by atoms with E-state index in [1.165, 1.54) is 0 Å². The topological polar surface area (TPSA) is 41.6 Å². The van der Waals surface area contributed by atoms with Crippen LogP contribution in [0.15, 0.2) is 24.3 Å². The smallest absolute Gasteiger partial charge is 0.254 e. The van der Waals surface area contributed by atoms with Gasteiger partial charge in [0.2, 0.25) is 0 Å². The van der Waals surface area contributed by atoms with Crippen molar-refractivity contribution < 1.29 is 9.53 Å². The Morgan fingerprint density at radius 3 is 3.00 bits per heavy atom. The number of ether oxygens (including phenoxy) is 1. The first-order valence-corrected chi connectivity index (χ1v) is 6.77. The van der Waals surface area contributed by atoms with Gasteiger partial charge in [0.15, 0.2) is 0 Å². The molecule has 1 aliphatic heterocycles. The molecular weight excluding hydrogens is 240 g/mol. The van der Waals surface area contributed by atoms with Crippen molar-refractivity contribution in [1.82, 2.24) is 10.2 Å². The number of hydrogen-bond donors (Lipinski definition) is 1. The van der Waals surface area contributed by atoms with E-state index in [1.807, 2.05) is 36.2 Å². The molecule has 1 heterocycles. The van der Waals surface area contributed by atoms with Crippen LogP contribution in [0.5, 0.6) is 0 Å². The second-order valence-corrected chi connectivity index (χ2v) is 5.05. The second-order valence-electron chi connectivity index (χ2n) is 5.05. The Bertz CT molecular complexity index is 434. The van der Waals surface area contributed by atoms with Crippen LogP contribution >= 0.6 is 0 Å². The minimum atomic E-state index is 0.131. The van der Waals surface area contributed by atoms with Gasteiger partial charge in [0, 0.05) is 25.8 Å². The Morgan fingerprint density at radius 2 is 2.26 bits per heavy atom. The van der Waals surface area contributed by atoms with Gasteiger partial charge in [-0.15, -0.1) is 0 Å². The summed E-state index contributed by atoms with van der Waals surface area (Å²) in [6.07, 6.45) is 1.08. The molecule has 1 aliphatic rings. The molecule has 0 saturated carbocycles. The van der Waals surface area contributed by atoms with Crippen LogP contribution in [-0.4, -0.2) is 44.6 Å². The fourth-order valence-corrected chi connectivity index (χ4v) is 2.65. The highest BCUT2D eigenvalue weighted by Crippen LogP contribution is 2.20. The molecule has 1 fully saturated rings. The molecule has 1 N–H and O–H groups in total. The summed E-state index contributed by atoms with van der Waals surface area (Å²) in [6, 6.07) is 7.70. The molecule has 19 heavy (non-hydrogen) atoms. The van der Waals surface area contributed by atoms with Crippen LogP contribution in [0.4, 0.5) is 0 Å². The summed E-state index contributed by atoms with van der Waals surface area (Å²) in [5, 5.41) is 3.18. The summed E-state index contributed by atoms with van der Waals surface area (Å²) in [5.74, 6) is 0.704. The summed E-state index contributed by atoms with van der Waals surface area (Å²) in [6.45, 7) is 3.16. The zero-order valence-corrected chi connectivity index (χ0v) is 11.7. The van der Waals surface area contributed by atoms with E-state index in [0.29, 0.717) is 12.5 Å². The second kappa shape index (κ2) is 6.68. The van der Waals surface area contributed by atoms with Crippen molar-refractivity contribution in [3.63, 3.8) is 0 Å². The number of carbonyl (C=O) groups is 1. The molecule has 4 heteroatoms. The fourth-order valence-electron chi connectivity index (χ4n) is 2.65. The largest absolute Gasteiger partial charge is 0.380 e. The first-order valence-electron chi connectivity index (χ1n) is 6.77. The van der Waals surface area contributed by atoms with Gasteiger partial charge in [0.05, 0.1) is 6.61 Å². The predicted octanol–water partition coefficient (Wildman–Crippen LogP) is 1.51. The van der Waals surface area contributed by atoms with E-state index < -0.39 is 0 Å². The van der Waals surface area contributed by atoms with Crippen molar-refractivity contribution in [3.8, 4) is 0 Å². The van der Waals surface area contributed by atoms with Crippen molar-refractivity contribution >= 4 is 5.91 Å². The highest BCUT2D eigenvalue weighted by atomic mass is 16.5. The molecule has 2 rings (SSSR count). The number of benzene rings is 1. The third-order valence-electron chi connectivity index (χ3n) is 3.61. The van der Waals surface area contributed by atoms with Crippen LogP contribution in [0.25, 0.3) is 0 Å². The molecule has 1 aromatic carbocycles. The summed E-state index contributed by atoms with van der Waals surface area (Å²) in [5.41, 5.74) is 1.74. The Kier molecular flexibility index (Phi) is 4.93. The summed E-state index contributed by atoms with van der Waals surface area (Å²) in [4.78, 5) is 14.5. The number of nitrogens with zero attached hydrogens (tertiary/aromatic N) is 1. The quantitative estimate of drug-likeness (QED) is 0.874. The number of methoxy groups -OCH3 is 1. The molecular formula is C15H22N2O2. The van der Waals surface area contributed by atoms with Crippen molar-refractivity contribution in [3.05, 3.63) is 35.4 Å². The molecule has 0 unspecified atom stereocenters. The maximum absolute atomic E-state index is 12.5. The van der Waals surface area contributed by atoms with Crippen LogP contribution in [-0.2, 0) is 11.3 Å². The monoisotopic (exact) mass is 262 g/mol. The SMILES string of the molecule is CNC[C@@H]1CCN(C(=O)c2ccccc2COC)C1. The highest BCUT2D eigenvalue weighted by molar-refractivity contribution is 5.95. The minimum Gasteiger partial charge on any atom is -0.380 e.